The number of allylic oxidation sites excluding steroid dienone is 2. The van der Waals surface area contributed by atoms with Crippen molar-refractivity contribution >= 4 is 29.6 Å². The van der Waals surface area contributed by atoms with Crippen molar-refractivity contribution in [2.75, 3.05) is 0 Å². The summed E-state index contributed by atoms with van der Waals surface area (Å²) in [4.78, 5) is 0. The summed E-state index contributed by atoms with van der Waals surface area (Å²) in [7, 11) is -2.34. The van der Waals surface area contributed by atoms with E-state index in [0.29, 0.717) is 11.1 Å². The molecule has 1 aliphatic heterocycles. The van der Waals surface area contributed by atoms with Crippen molar-refractivity contribution in [3.05, 3.63) is 142 Å². The average Bonchev–Trinajstić information content (AvgIpc) is 3.22. The van der Waals surface area contributed by atoms with E-state index in [4.69, 9.17) is 0 Å². The molecule has 0 aliphatic carbocycles. The molecule has 0 bridgehead atoms. The highest BCUT2D eigenvalue weighted by Crippen LogP contribution is 2.62. The molecule has 0 fully saturated rings. The molecule has 0 saturated heterocycles. The molecule has 0 N–H and O–H groups in total. The predicted molar refractivity (Wildman–Crippen MR) is 174 cm³/mol. The molecule has 4 aromatic carbocycles. The van der Waals surface area contributed by atoms with Gasteiger partial charge in [0.15, 0.2) is 0 Å². The Morgan fingerprint density at radius 1 is 0.410 bits per heavy atom. The third-order valence-corrected chi connectivity index (χ3v) is 15.0. The Morgan fingerprint density at radius 3 is 0.974 bits per heavy atom. The number of hydrogen-bond acceptors (Lipinski definition) is 0. The first kappa shape index (κ1) is 27.2. The molecule has 1 heteroatoms. The van der Waals surface area contributed by atoms with Crippen LogP contribution in [0, 0.1) is 27.7 Å². The van der Waals surface area contributed by atoms with E-state index in [9.17, 15) is 0 Å². The number of aryl methyl sites for hydroxylation is 4. The van der Waals surface area contributed by atoms with Crippen molar-refractivity contribution in [2.24, 2.45) is 0 Å². The highest BCUT2D eigenvalue weighted by atomic mass is 28.3. The fourth-order valence-electron chi connectivity index (χ4n) is 7.16. The molecule has 4 aromatic rings. The molecular formula is C38H42Si. The third kappa shape index (κ3) is 4.68. The second kappa shape index (κ2) is 10.6. The Kier molecular flexibility index (Phi) is 7.40. The first-order valence-electron chi connectivity index (χ1n) is 14.4. The summed E-state index contributed by atoms with van der Waals surface area (Å²) in [5.41, 5.74) is 14.6. The largest absolute Gasteiger partial charge is 0.126 e. The van der Waals surface area contributed by atoms with Crippen LogP contribution < -0.4 is 0 Å². The van der Waals surface area contributed by atoms with E-state index in [0.717, 1.165) is 0 Å². The van der Waals surface area contributed by atoms with Gasteiger partial charge in [-0.3, -0.25) is 0 Å². The first-order chi connectivity index (χ1) is 18.6. The molecule has 0 amide bonds. The van der Waals surface area contributed by atoms with Crippen molar-refractivity contribution in [3.63, 3.8) is 0 Å². The van der Waals surface area contributed by atoms with E-state index in [2.05, 4.69) is 152 Å². The molecule has 5 rings (SSSR count). The van der Waals surface area contributed by atoms with Crippen LogP contribution in [0.4, 0.5) is 0 Å². The van der Waals surface area contributed by atoms with Gasteiger partial charge in [0.25, 0.3) is 0 Å². The van der Waals surface area contributed by atoms with Gasteiger partial charge < -0.3 is 0 Å². The lowest BCUT2D eigenvalue weighted by molar-refractivity contribution is 0.932. The predicted octanol–water partition coefficient (Wildman–Crippen LogP) is 10.8. The van der Waals surface area contributed by atoms with E-state index < -0.39 is 8.07 Å². The van der Waals surface area contributed by atoms with Gasteiger partial charge in [-0.25, -0.2) is 0 Å². The van der Waals surface area contributed by atoms with E-state index in [1.165, 1.54) is 55.7 Å². The highest BCUT2D eigenvalue weighted by Gasteiger charge is 2.54. The lowest BCUT2D eigenvalue weighted by Crippen LogP contribution is -2.43. The van der Waals surface area contributed by atoms with Crippen LogP contribution in [-0.4, -0.2) is 8.07 Å². The summed E-state index contributed by atoms with van der Waals surface area (Å²) in [5.74, 6) is 0. The molecule has 0 atom stereocenters. The van der Waals surface area contributed by atoms with Crippen LogP contribution in [0.1, 0.15) is 72.2 Å². The van der Waals surface area contributed by atoms with Crippen LogP contribution in [0.3, 0.4) is 0 Å². The Hall–Kier alpha value is -3.42. The fraction of sp³-hybridized carbons (Fsp3) is 0.263. The van der Waals surface area contributed by atoms with Crippen LogP contribution in [0.25, 0.3) is 21.5 Å². The van der Waals surface area contributed by atoms with Crippen molar-refractivity contribution in [2.45, 2.75) is 66.5 Å². The second-order valence-corrected chi connectivity index (χ2v) is 17.2. The van der Waals surface area contributed by atoms with Crippen LogP contribution in [-0.2, 0) is 0 Å². The molecule has 0 saturated carbocycles. The Morgan fingerprint density at radius 2 is 0.692 bits per heavy atom. The molecule has 0 unspecified atom stereocenters. The van der Waals surface area contributed by atoms with Crippen molar-refractivity contribution < 1.29 is 0 Å². The molecule has 0 nitrogen and oxygen atoms in total. The van der Waals surface area contributed by atoms with Gasteiger partial charge in [-0.2, -0.15) is 0 Å². The van der Waals surface area contributed by atoms with Gasteiger partial charge >= 0.3 is 0 Å². The quantitative estimate of drug-likeness (QED) is 0.219. The first-order valence-corrected chi connectivity index (χ1v) is 16.6. The van der Waals surface area contributed by atoms with Gasteiger partial charge in [-0.05, 0) is 82.6 Å². The summed E-state index contributed by atoms with van der Waals surface area (Å²) in [6.45, 7) is 18.9. The van der Waals surface area contributed by atoms with E-state index in [1.54, 1.807) is 10.4 Å². The van der Waals surface area contributed by atoms with Crippen LogP contribution >= 0.6 is 0 Å². The minimum atomic E-state index is -2.34. The molecule has 39 heavy (non-hydrogen) atoms. The molecule has 198 valence electrons. The number of benzene rings is 4. The maximum absolute atomic E-state index is 2.49. The number of rotatable bonds is 6. The monoisotopic (exact) mass is 526 g/mol. The average molecular weight is 527 g/mol. The van der Waals surface area contributed by atoms with Crippen molar-refractivity contribution in [3.8, 4) is 0 Å². The van der Waals surface area contributed by atoms with Gasteiger partial charge in [0.05, 0.1) is 0 Å². The zero-order valence-electron chi connectivity index (χ0n) is 24.9. The number of hydrogen-bond donors (Lipinski definition) is 0. The van der Waals surface area contributed by atoms with Crippen LogP contribution in [0.2, 0.25) is 11.1 Å². The van der Waals surface area contributed by atoms with Gasteiger partial charge in [-0.15, -0.1) is 0 Å². The summed E-state index contributed by atoms with van der Waals surface area (Å²) in [6.07, 6.45) is 0. The minimum Gasteiger partial charge on any atom is -0.0645 e. The maximum Gasteiger partial charge on any atom is 0.126 e. The Bertz CT molecular complexity index is 1470. The highest BCUT2D eigenvalue weighted by molar-refractivity contribution is 7.16. The van der Waals surface area contributed by atoms with Gasteiger partial charge in [0.2, 0.25) is 0 Å². The lowest BCUT2D eigenvalue weighted by atomic mass is 9.88. The topological polar surface area (TPSA) is 0 Å². The fourth-order valence-corrected chi connectivity index (χ4v) is 13.7. The second-order valence-electron chi connectivity index (χ2n) is 12.2. The Labute approximate surface area is 237 Å². The van der Waals surface area contributed by atoms with Gasteiger partial charge in [0, 0.05) is 0 Å². The SMILES string of the molecule is Cc1cccc(C2=C(c3cccc(C)c3)[Si](C(C)C)(C(C)C)C(c3cccc(C)c3)=C2c2cccc(C)c2)c1. The maximum atomic E-state index is 2.49. The lowest BCUT2D eigenvalue weighted by Gasteiger charge is -2.42. The van der Waals surface area contributed by atoms with Gasteiger partial charge in [0.1, 0.15) is 8.07 Å². The summed E-state index contributed by atoms with van der Waals surface area (Å²) < 4.78 is 0. The molecule has 1 aliphatic rings. The van der Waals surface area contributed by atoms with Crippen LogP contribution in [0.15, 0.2) is 97.1 Å². The van der Waals surface area contributed by atoms with Gasteiger partial charge in [-0.1, -0.05) is 147 Å². The molecular weight excluding hydrogens is 485 g/mol. The third-order valence-electron chi connectivity index (χ3n) is 8.63. The van der Waals surface area contributed by atoms with Crippen molar-refractivity contribution in [1.29, 1.82) is 0 Å². The zero-order valence-corrected chi connectivity index (χ0v) is 25.9. The Balaban J connectivity index is 2.07. The van der Waals surface area contributed by atoms with Crippen LogP contribution in [0.5, 0.6) is 0 Å². The minimum absolute atomic E-state index is 0.519. The normalized spacial score (nSPS) is 15.1. The molecule has 0 spiro atoms. The molecule has 1 heterocycles. The van der Waals surface area contributed by atoms with E-state index in [-0.39, 0.29) is 0 Å². The smallest absolute Gasteiger partial charge is 0.0645 e. The summed E-state index contributed by atoms with van der Waals surface area (Å²) in [5, 5.41) is 3.21. The molecule has 0 radical (unpaired) electrons. The summed E-state index contributed by atoms with van der Waals surface area (Å²) in [6, 6.07) is 37.0. The molecule has 0 aromatic heterocycles. The standard InChI is InChI=1S/C38H42Si/c1-25(2)39(26(3)4)37(33-19-11-15-29(7)23-33)35(31-17-9-13-27(5)21-31)36(32-18-10-14-28(6)22-32)38(39)34-20-12-16-30(8)24-34/h9-26H,1-8H3. The summed E-state index contributed by atoms with van der Waals surface area (Å²) >= 11 is 0. The zero-order chi connectivity index (χ0) is 27.9. The van der Waals surface area contributed by atoms with Crippen molar-refractivity contribution in [1.82, 2.24) is 0 Å². The van der Waals surface area contributed by atoms with E-state index in [1.807, 2.05) is 0 Å². The van der Waals surface area contributed by atoms with E-state index >= 15 is 0 Å².